The molecule has 0 radical (unpaired) electrons. The molecule has 0 bridgehead atoms. The number of carbonyl (C=O) groups is 1. The van der Waals surface area contributed by atoms with Crippen LogP contribution in [0.1, 0.15) is 46.5 Å². The van der Waals surface area contributed by atoms with Crippen molar-refractivity contribution in [3.8, 4) is 0 Å². The first-order valence-corrected chi connectivity index (χ1v) is 6.83. The summed E-state index contributed by atoms with van der Waals surface area (Å²) in [5, 5.41) is 19.5. The van der Waals surface area contributed by atoms with Crippen LogP contribution < -0.4 is 0 Å². The Morgan fingerprint density at radius 3 is 2.83 bits per heavy atom. The van der Waals surface area contributed by atoms with E-state index in [0.29, 0.717) is 12.3 Å². The van der Waals surface area contributed by atoms with Crippen molar-refractivity contribution < 1.29 is 15.0 Å². The standard InChI is InChI=1S/C15H24O3/c1-10-6-12(17)8-14(2)5-4-11(7-13(10)14)15(3,18)9-16/h6,11,13,16,18H,4-5,7-9H2,1-3H3/t11-,13+,14+,15?/m1/s1. The van der Waals surface area contributed by atoms with E-state index in [2.05, 4.69) is 6.92 Å². The van der Waals surface area contributed by atoms with Crippen LogP contribution in [0.3, 0.4) is 0 Å². The van der Waals surface area contributed by atoms with Crippen LogP contribution >= 0.6 is 0 Å². The van der Waals surface area contributed by atoms with Crippen molar-refractivity contribution in [1.29, 1.82) is 0 Å². The predicted octanol–water partition coefficient (Wildman–Crippen LogP) is 2.07. The molecule has 1 unspecified atom stereocenters. The molecule has 1 fully saturated rings. The highest BCUT2D eigenvalue weighted by Gasteiger charge is 2.47. The highest BCUT2D eigenvalue weighted by atomic mass is 16.3. The molecule has 0 spiro atoms. The number of allylic oxidation sites excluding steroid dienone is 2. The lowest BCUT2D eigenvalue weighted by Crippen LogP contribution is -2.47. The van der Waals surface area contributed by atoms with Gasteiger partial charge in [0.05, 0.1) is 12.2 Å². The molecule has 3 heteroatoms. The van der Waals surface area contributed by atoms with Crippen molar-refractivity contribution in [3.05, 3.63) is 11.6 Å². The number of carbonyl (C=O) groups excluding carboxylic acids is 1. The Morgan fingerprint density at radius 1 is 1.56 bits per heavy atom. The van der Waals surface area contributed by atoms with E-state index in [0.717, 1.165) is 24.8 Å². The molecule has 0 aromatic carbocycles. The second-order valence-electron chi connectivity index (χ2n) is 6.72. The van der Waals surface area contributed by atoms with Gasteiger partial charge in [-0.3, -0.25) is 4.79 Å². The van der Waals surface area contributed by atoms with Crippen LogP contribution in [0, 0.1) is 17.3 Å². The third kappa shape index (κ3) is 2.26. The second-order valence-corrected chi connectivity index (χ2v) is 6.72. The molecule has 0 aromatic heterocycles. The Morgan fingerprint density at radius 2 is 2.22 bits per heavy atom. The van der Waals surface area contributed by atoms with Crippen molar-refractivity contribution in [1.82, 2.24) is 0 Å². The fourth-order valence-electron chi connectivity index (χ4n) is 3.81. The third-order valence-corrected chi connectivity index (χ3v) is 5.14. The average Bonchev–Trinajstić information content (AvgIpc) is 2.27. The average molecular weight is 252 g/mol. The zero-order chi connectivity index (χ0) is 13.6. The quantitative estimate of drug-likeness (QED) is 0.791. The first-order valence-electron chi connectivity index (χ1n) is 6.83. The molecule has 0 aliphatic heterocycles. The Hall–Kier alpha value is -0.670. The fraction of sp³-hybridized carbons (Fsp3) is 0.800. The van der Waals surface area contributed by atoms with E-state index < -0.39 is 5.60 Å². The normalized spacial score (nSPS) is 39.8. The first kappa shape index (κ1) is 13.8. The summed E-state index contributed by atoms with van der Waals surface area (Å²) in [6, 6.07) is 0. The molecule has 2 aliphatic carbocycles. The Kier molecular flexibility index (Phi) is 3.41. The Labute approximate surface area is 109 Å². The maximum absolute atomic E-state index is 11.7. The number of hydrogen-bond donors (Lipinski definition) is 2. The van der Waals surface area contributed by atoms with E-state index in [1.807, 2.05) is 6.92 Å². The van der Waals surface area contributed by atoms with Gasteiger partial charge in [-0.25, -0.2) is 0 Å². The molecular weight excluding hydrogens is 228 g/mol. The van der Waals surface area contributed by atoms with Gasteiger partial charge in [-0.2, -0.15) is 0 Å². The van der Waals surface area contributed by atoms with E-state index in [4.69, 9.17) is 0 Å². The van der Waals surface area contributed by atoms with E-state index in [9.17, 15) is 15.0 Å². The topological polar surface area (TPSA) is 57.5 Å². The van der Waals surface area contributed by atoms with Crippen LogP contribution in [0.5, 0.6) is 0 Å². The lowest BCUT2D eigenvalue weighted by atomic mass is 9.56. The summed E-state index contributed by atoms with van der Waals surface area (Å²) in [7, 11) is 0. The van der Waals surface area contributed by atoms with Gasteiger partial charge >= 0.3 is 0 Å². The smallest absolute Gasteiger partial charge is 0.156 e. The first-order chi connectivity index (χ1) is 8.28. The van der Waals surface area contributed by atoms with E-state index in [-0.39, 0.29) is 23.7 Å². The predicted molar refractivity (Wildman–Crippen MR) is 70.0 cm³/mol. The van der Waals surface area contributed by atoms with Crippen molar-refractivity contribution >= 4 is 5.78 Å². The van der Waals surface area contributed by atoms with Crippen molar-refractivity contribution in [2.45, 2.75) is 52.1 Å². The summed E-state index contributed by atoms with van der Waals surface area (Å²) in [6.07, 6.45) is 5.11. The zero-order valence-electron chi connectivity index (χ0n) is 11.6. The van der Waals surface area contributed by atoms with Gasteiger partial charge in [0.1, 0.15) is 0 Å². The fourth-order valence-corrected chi connectivity index (χ4v) is 3.81. The van der Waals surface area contributed by atoms with Gasteiger partial charge in [0, 0.05) is 6.42 Å². The number of fused-ring (bicyclic) bond motifs is 1. The van der Waals surface area contributed by atoms with Gasteiger partial charge in [0.15, 0.2) is 5.78 Å². The van der Waals surface area contributed by atoms with Crippen LogP contribution in [0.2, 0.25) is 0 Å². The molecule has 2 rings (SSSR count). The highest BCUT2D eigenvalue weighted by molar-refractivity contribution is 5.92. The third-order valence-electron chi connectivity index (χ3n) is 5.14. The lowest BCUT2D eigenvalue weighted by molar-refractivity contribution is -0.121. The maximum Gasteiger partial charge on any atom is 0.156 e. The molecule has 18 heavy (non-hydrogen) atoms. The summed E-state index contributed by atoms with van der Waals surface area (Å²) >= 11 is 0. The Bertz CT molecular complexity index is 383. The monoisotopic (exact) mass is 252 g/mol. The number of aliphatic hydroxyl groups is 2. The molecular formula is C15H24O3. The van der Waals surface area contributed by atoms with E-state index in [1.54, 1.807) is 13.0 Å². The minimum atomic E-state index is -0.997. The largest absolute Gasteiger partial charge is 0.393 e. The SMILES string of the molecule is CC1=CC(=O)C[C@]2(C)CC[C@@H](C(C)(O)CO)C[C@@H]12. The van der Waals surface area contributed by atoms with Crippen LogP contribution in [-0.4, -0.2) is 28.2 Å². The minimum absolute atomic E-state index is 0.0535. The van der Waals surface area contributed by atoms with Gasteiger partial charge in [-0.05, 0) is 56.4 Å². The zero-order valence-corrected chi connectivity index (χ0v) is 11.6. The number of hydrogen-bond acceptors (Lipinski definition) is 3. The van der Waals surface area contributed by atoms with Crippen molar-refractivity contribution in [2.75, 3.05) is 6.61 Å². The summed E-state index contributed by atoms with van der Waals surface area (Å²) in [4.78, 5) is 11.7. The van der Waals surface area contributed by atoms with Crippen LogP contribution in [-0.2, 0) is 4.79 Å². The van der Waals surface area contributed by atoms with Crippen molar-refractivity contribution in [3.63, 3.8) is 0 Å². The van der Waals surface area contributed by atoms with Crippen LogP contribution in [0.25, 0.3) is 0 Å². The van der Waals surface area contributed by atoms with Gasteiger partial charge in [-0.1, -0.05) is 12.5 Å². The molecule has 0 aromatic rings. The number of ketones is 1. The second kappa shape index (κ2) is 4.46. The summed E-state index contributed by atoms with van der Waals surface area (Å²) in [6.45, 7) is 5.74. The summed E-state index contributed by atoms with van der Waals surface area (Å²) < 4.78 is 0. The molecule has 2 aliphatic rings. The summed E-state index contributed by atoms with van der Waals surface area (Å²) in [5.74, 6) is 0.725. The van der Waals surface area contributed by atoms with E-state index in [1.165, 1.54) is 0 Å². The number of rotatable bonds is 2. The van der Waals surface area contributed by atoms with Crippen LogP contribution in [0.4, 0.5) is 0 Å². The molecule has 4 atom stereocenters. The van der Waals surface area contributed by atoms with Gasteiger partial charge in [-0.15, -0.1) is 0 Å². The summed E-state index contributed by atoms with van der Waals surface area (Å²) in [5.41, 5.74) is 0.202. The molecule has 1 saturated carbocycles. The Balaban J connectivity index is 2.23. The number of aliphatic hydroxyl groups excluding tert-OH is 1. The molecule has 0 amide bonds. The molecule has 0 saturated heterocycles. The minimum Gasteiger partial charge on any atom is -0.393 e. The van der Waals surface area contributed by atoms with Crippen molar-refractivity contribution in [2.24, 2.45) is 17.3 Å². The maximum atomic E-state index is 11.7. The molecule has 3 nitrogen and oxygen atoms in total. The molecule has 102 valence electrons. The van der Waals surface area contributed by atoms with Gasteiger partial charge in [0.2, 0.25) is 0 Å². The van der Waals surface area contributed by atoms with Gasteiger partial charge < -0.3 is 10.2 Å². The highest BCUT2D eigenvalue weighted by Crippen LogP contribution is 2.52. The van der Waals surface area contributed by atoms with Crippen LogP contribution in [0.15, 0.2) is 11.6 Å². The van der Waals surface area contributed by atoms with Gasteiger partial charge in [0.25, 0.3) is 0 Å². The van der Waals surface area contributed by atoms with E-state index >= 15 is 0 Å². The molecule has 2 N–H and O–H groups in total. The lowest BCUT2D eigenvalue weighted by Gasteiger charge is -2.49. The molecule has 0 heterocycles.